The van der Waals surface area contributed by atoms with Gasteiger partial charge >= 0.3 is 5.97 Å². The first kappa shape index (κ1) is 12.7. The molecule has 0 aliphatic carbocycles. The van der Waals surface area contributed by atoms with Gasteiger partial charge in [0.25, 0.3) is 0 Å². The molecule has 0 amide bonds. The predicted molar refractivity (Wildman–Crippen MR) is 72.1 cm³/mol. The Kier molecular flexibility index (Phi) is 3.43. The van der Waals surface area contributed by atoms with Gasteiger partial charge in [-0.2, -0.15) is 0 Å². The second-order valence-electron chi connectivity index (χ2n) is 4.85. The zero-order chi connectivity index (χ0) is 13.3. The van der Waals surface area contributed by atoms with Gasteiger partial charge in [-0.05, 0) is 32.2 Å². The van der Waals surface area contributed by atoms with E-state index in [-0.39, 0.29) is 5.56 Å². The quantitative estimate of drug-likeness (QED) is 0.768. The molecule has 0 radical (unpaired) electrons. The third kappa shape index (κ3) is 2.41. The standard InChI is InChI=1S/C13H19N3O2/c1-9-8-16(6-5-15(9)2)12-4-3-10(13(17)18)7-11(12)14/h3-4,7,9H,5-6,8,14H2,1-2H3,(H,17,18). The van der Waals surface area contributed by atoms with Crippen molar-refractivity contribution < 1.29 is 9.90 Å². The van der Waals surface area contributed by atoms with Crippen molar-refractivity contribution in [2.24, 2.45) is 0 Å². The van der Waals surface area contributed by atoms with E-state index in [1.54, 1.807) is 12.1 Å². The molecule has 0 bridgehead atoms. The SMILES string of the molecule is CC1CN(c2ccc(C(=O)O)cc2N)CCN1C. The van der Waals surface area contributed by atoms with E-state index in [9.17, 15) is 4.79 Å². The maximum atomic E-state index is 10.9. The zero-order valence-electron chi connectivity index (χ0n) is 10.8. The van der Waals surface area contributed by atoms with Crippen molar-refractivity contribution in [3.05, 3.63) is 23.8 Å². The summed E-state index contributed by atoms with van der Waals surface area (Å²) in [4.78, 5) is 15.4. The maximum absolute atomic E-state index is 10.9. The molecule has 1 unspecified atom stereocenters. The molecule has 1 aromatic carbocycles. The summed E-state index contributed by atoms with van der Waals surface area (Å²) in [5.74, 6) is -0.944. The molecule has 1 saturated heterocycles. The molecular weight excluding hydrogens is 230 g/mol. The first-order chi connectivity index (χ1) is 8.49. The minimum absolute atomic E-state index is 0.235. The average molecular weight is 249 g/mol. The first-order valence-electron chi connectivity index (χ1n) is 6.07. The fourth-order valence-corrected chi connectivity index (χ4v) is 2.24. The second-order valence-corrected chi connectivity index (χ2v) is 4.85. The molecule has 5 nitrogen and oxygen atoms in total. The Bertz CT molecular complexity index is 462. The number of carboxylic acids is 1. The lowest BCUT2D eigenvalue weighted by molar-refractivity contribution is 0.0697. The number of anilines is 2. The summed E-state index contributed by atoms with van der Waals surface area (Å²) in [5, 5.41) is 8.91. The van der Waals surface area contributed by atoms with Gasteiger partial charge < -0.3 is 20.6 Å². The largest absolute Gasteiger partial charge is 0.478 e. The van der Waals surface area contributed by atoms with Crippen LogP contribution in [0.2, 0.25) is 0 Å². The van der Waals surface area contributed by atoms with E-state index in [0.29, 0.717) is 11.7 Å². The van der Waals surface area contributed by atoms with Crippen LogP contribution >= 0.6 is 0 Å². The summed E-state index contributed by atoms with van der Waals surface area (Å²) in [6.07, 6.45) is 0. The van der Waals surface area contributed by atoms with E-state index in [2.05, 4.69) is 23.8 Å². The van der Waals surface area contributed by atoms with Crippen LogP contribution in [0.4, 0.5) is 11.4 Å². The maximum Gasteiger partial charge on any atom is 0.335 e. The van der Waals surface area contributed by atoms with Crippen molar-refractivity contribution in [1.29, 1.82) is 0 Å². The minimum Gasteiger partial charge on any atom is -0.478 e. The smallest absolute Gasteiger partial charge is 0.335 e. The van der Waals surface area contributed by atoms with Gasteiger partial charge in [-0.25, -0.2) is 4.79 Å². The van der Waals surface area contributed by atoms with Crippen LogP contribution in [0.15, 0.2) is 18.2 Å². The molecule has 2 rings (SSSR count). The Morgan fingerprint density at radius 1 is 1.44 bits per heavy atom. The number of aromatic carboxylic acids is 1. The molecule has 1 fully saturated rings. The van der Waals surface area contributed by atoms with Gasteiger partial charge in [0, 0.05) is 25.7 Å². The van der Waals surface area contributed by atoms with E-state index in [0.717, 1.165) is 25.3 Å². The fourth-order valence-electron chi connectivity index (χ4n) is 2.24. The molecule has 3 N–H and O–H groups in total. The number of piperazine rings is 1. The summed E-state index contributed by atoms with van der Waals surface area (Å²) in [6, 6.07) is 5.41. The van der Waals surface area contributed by atoms with E-state index >= 15 is 0 Å². The van der Waals surface area contributed by atoms with E-state index < -0.39 is 5.97 Å². The van der Waals surface area contributed by atoms with E-state index in [1.807, 2.05) is 0 Å². The number of nitrogens with two attached hydrogens (primary N) is 1. The van der Waals surface area contributed by atoms with Gasteiger partial charge in [0.05, 0.1) is 16.9 Å². The van der Waals surface area contributed by atoms with E-state index in [1.165, 1.54) is 6.07 Å². The van der Waals surface area contributed by atoms with Crippen molar-refractivity contribution in [1.82, 2.24) is 4.90 Å². The third-order valence-corrected chi connectivity index (χ3v) is 3.57. The molecule has 1 aromatic rings. The fraction of sp³-hybridized carbons (Fsp3) is 0.462. The number of likely N-dealkylation sites (N-methyl/N-ethyl adjacent to an activating group) is 1. The van der Waals surface area contributed by atoms with Gasteiger partial charge in [0.2, 0.25) is 0 Å². The summed E-state index contributed by atoms with van der Waals surface area (Å²) >= 11 is 0. The van der Waals surface area contributed by atoms with Crippen LogP contribution in [0.5, 0.6) is 0 Å². The number of carbonyl (C=O) groups is 1. The van der Waals surface area contributed by atoms with Crippen LogP contribution in [0, 0.1) is 0 Å². The van der Waals surface area contributed by atoms with Crippen LogP contribution in [0.1, 0.15) is 17.3 Å². The van der Waals surface area contributed by atoms with Crippen LogP contribution in [0.3, 0.4) is 0 Å². The Hall–Kier alpha value is -1.75. The molecule has 1 atom stereocenters. The highest BCUT2D eigenvalue weighted by atomic mass is 16.4. The number of carboxylic acid groups (broad SMARTS) is 1. The van der Waals surface area contributed by atoms with Gasteiger partial charge in [-0.3, -0.25) is 0 Å². The van der Waals surface area contributed by atoms with Gasteiger partial charge in [0.1, 0.15) is 0 Å². The van der Waals surface area contributed by atoms with Gasteiger partial charge in [0.15, 0.2) is 0 Å². The third-order valence-electron chi connectivity index (χ3n) is 3.57. The molecule has 0 saturated carbocycles. The number of nitrogens with zero attached hydrogens (tertiary/aromatic N) is 2. The normalized spacial score (nSPS) is 21.0. The number of hydrogen-bond acceptors (Lipinski definition) is 4. The van der Waals surface area contributed by atoms with Crippen LogP contribution < -0.4 is 10.6 Å². The lowest BCUT2D eigenvalue weighted by atomic mass is 10.1. The van der Waals surface area contributed by atoms with Crippen molar-refractivity contribution in [2.75, 3.05) is 37.3 Å². The molecular formula is C13H19N3O2. The lowest BCUT2D eigenvalue weighted by Crippen LogP contribution is -2.50. The van der Waals surface area contributed by atoms with Crippen molar-refractivity contribution in [2.45, 2.75) is 13.0 Å². The molecule has 1 heterocycles. The highest BCUT2D eigenvalue weighted by Crippen LogP contribution is 2.26. The highest BCUT2D eigenvalue weighted by molar-refractivity contribution is 5.90. The molecule has 1 aliphatic heterocycles. The highest BCUT2D eigenvalue weighted by Gasteiger charge is 2.22. The monoisotopic (exact) mass is 249 g/mol. The summed E-state index contributed by atoms with van der Waals surface area (Å²) in [7, 11) is 2.11. The predicted octanol–water partition coefficient (Wildman–Crippen LogP) is 1.11. The summed E-state index contributed by atoms with van der Waals surface area (Å²) < 4.78 is 0. The zero-order valence-corrected chi connectivity index (χ0v) is 10.8. The second kappa shape index (κ2) is 4.86. The number of rotatable bonds is 2. The molecule has 5 heteroatoms. The van der Waals surface area contributed by atoms with Gasteiger partial charge in [-0.15, -0.1) is 0 Å². The molecule has 18 heavy (non-hydrogen) atoms. The molecule has 0 aromatic heterocycles. The number of hydrogen-bond donors (Lipinski definition) is 2. The Balaban J connectivity index is 2.21. The Morgan fingerprint density at radius 2 is 2.17 bits per heavy atom. The van der Waals surface area contributed by atoms with Crippen molar-refractivity contribution in [3.8, 4) is 0 Å². The summed E-state index contributed by atoms with van der Waals surface area (Å²) in [6.45, 7) is 4.99. The Labute approximate surface area is 107 Å². The number of nitrogen functional groups attached to an aromatic ring is 1. The molecule has 1 aliphatic rings. The first-order valence-corrected chi connectivity index (χ1v) is 6.07. The van der Waals surface area contributed by atoms with Crippen LogP contribution in [-0.2, 0) is 0 Å². The average Bonchev–Trinajstić information content (AvgIpc) is 2.32. The van der Waals surface area contributed by atoms with E-state index in [4.69, 9.17) is 10.8 Å². The topological polar surface area (TPSA) is 69.8 Å². The minimum atomic E-state index is -0.944. The molecule has 98 valence electrons. The Morgan fingerprint density at radius 3 is 2.72 bits per heavy atom. The molecule has 0 spiro atoms. The van der Waals surface area contributed by atoms with Crippen LogP contribution in [0.25, 0.3) is 0 Å². The summed E-state index contributed by atoms with van der Waals surface area (Å²) in [5.41, 5.74) is 7.65. The number of benzene rings is 1. The van der Waals surface area contributed by atoms with Crippen molar-refractivity contribution in [3.63, 3.8) is 0 Å². The van der Waals surface area contributed by atoms with Crippen LogP contribution in [-0.4, -0.2) is 48.7 Å². The van der Waals surface area contributed by atoms with Gasteiger partial charge in [-0.1, -0.05) is 0 Å². The van der Waals surface area contributed by atoms with Crippen molar-refractivity contribution >= 4 is 17.3 Å². The lowest BCUT2D eigenvalue weighted by Gasteiger charge is -2.39.